The molecule has 5 nitrogen and oxygen atoms in total. The van der Waals surface area contributed by atoms with Crippen LogP contribution in [0.25, 0.3) is 0 Å². The van der Waals surface area contributed by atoms with E-state index in [0.29, 0.717) is 11.5 Å². The van der Waals surface area contributed by atoms with Crippen LogP contribution in [0.3, 0.4) is 0 Å². The third-order valence-electron chi connectivity index (χ3n) is 2.49. The van der Waals surface area contributed by atoms with Crippen molar-refractivity contribution < 1.29 is 4.79 Å². The minimum Gasteiger partial charge on any atom is -0.341 e. The van der Waals surface area contributed by atoms with Gasteiger partial charge in [0.05, 0.1) is 5.56 Å². The number of carbonyl (C=O) groups is 1. The molecule has 5 heteroatoms. The molecule has 0 unspecified atom stereocenters. The molecule has 1 rings (SSSR count). The highest BCUT2D eigenvalue weighted by Crippen LogP contribution is 2.06. The van der Waals surface area contributed by atoms with Gasteiger partial charge < -0.3 is 9.80 Å². The van der Waals surface area contributed by atoms with Crippen LogP contribution in [0.15, 0.2) is 12.4 Å². The molecule has 0 aliphatic heterocycles. The monoisotopic (exact) mass is 236 g/mol. The van der Waals surface area contributed by atoms with Crippen LogP contribution in [-0.2, 0) is 0 Å². The van der Waals surface area contributed by atoms with Crippen LogP contribution in [0.1, 0.15) is 23.7 Å². The number of hydrogen-bond donors (Lipinski definition) is 0. The van der Waals surface area contributed by atoms with Crippen molar-refractivity contribution in [2.45, 2.75) is 13.3 Å². The molecule has 0 fully saturated rings. The number of aromatic nitrogens is 2. The van der Waals surface area contributed by atoms with Crippen LogP contribution >= 0.6 is 0 Å². The molecular formula is C12H20N4O. The summed E-state index contributed by atoms with van der Waals surface area (Å²) in [5.74, 6) is 0.692. The van der Waals surface area contributed by atoms with Gasteiger partial charge in [-0.3, -0.25) is 4.79 Å². The SMILES string of the molecule is CCN(CCCN(C)C)c1ncc(C=O)cn1. The standard InChI is InChI=1S/C12H20N4O/c1-4-16(7-5-6-15(2)3)12-13-8-11(10-17)9-14-12/h8-10H,4-7H2,1-3H3. The second-order valence-corrected chi connectivity index (χ2v) is 4.17. The molecule has 0 aliphatic rings. The first-order chi connectivity index (χ1) is 8.17. The Morgan fingerprint density at radius 2 is 1.88 bits per heavy atom. The lowest BCUT2D eigenvalue weighted by Gasteiger charge is -2.21. The highest BCUT2D eigenvalue weighted by atomic mass is 16.1. The zero-order valence-corrected chi connectivity index (χ0v) is 10.8. The van der Waals surface area contributed by atoms with E-state index in [1.165, 1.54) is 0 Å². The van der Waals surface area contributed by atoms with E-state index in [-0.39, 0.29) is 0 Å². The Kier molecular flexibility index (Phi) is 5.56. The van der Waals surface area contributed by atoms with E-state index < -0.39 is 0 Å². The molecule has 0 aliphatic carbocycles. The molecule has 0 N–H and O–H groups in total. The fraction of sp³-hybridized carbons (Fsp3) is 0.583. The Morgan fingerprint density at radius 1 is 1.24 bits per heavy atom. The van der Waals surface area contributed by atoms with E-state index in [2.05, 4.69) is 40.8 Å². The summed E-state index contributed by atoms with van der Waals surface area (Å²) < 4.78 is 0. The summed E-state index contributed by atoms with van der Waals surface area (Å²) in [7, 11) is 4.12. The normalized spacial score (nSPS) is 10.6. The van der Waals surface area contributed by atoms with Crippen molar-refractivity contribution in [3.63, 3.8) is 0 Å². The molecule has 0 aromatic carbocycles. The van der Waals surface area contributed by atoms with E-state index in [1.54, 1.807) is 12.4 Å². The summed E-state index contributed by atoms with van der Waals surface area (Å²) in [6, 6.07) is 0. The first kappa shape index (κ1) is 13.6. The minimum atomic E-state index is 0.512. The molecule has 0 saturated carbocycles. The van der Waals surface area contributed by atoms with Gasteiger partial charge in [-0.15, -0.1) is 0 Å². The smallest absolute Gasteiger partial charge is 0.225 e. The highest BCUT2D eigenvalue weighted by Gasteiger charge is 2.07. The molecule has 1 heterocycles. The summed E-state index contributed by atoms with van der Waals surface area (Å²) in [6.07, 6.45) is 4.94. The zero-order chi connectivity index (χ0) is 12.7. The summed E-state index contributed by atoms with van der Waals surface area (Å²) >= 11 is 0. The van der Waals surface area contributed by atoms with Crippen molar-refractivity contribution >= 4 is 12.2 Å². The van der Waals surface area contributed by atoms with E-state index in [1.807, 2.05) is 0 Å². The topological polar surface area (TPSA) is 49.3 Å². The van der Waals surface area contributed by atoms with E-state index in [9.17, 15) is 4.79 Å². The molecule has 0 saturated heterocycles. The average molecular weight is 236 g/mol. The fourth-order valence-corrected chi connectivity index (χ4v) is 1.53. The maximum atomic E-state index is 10.5. The van der Waals surface area contributed by atoms with Crippen LogP contribution in [0.5, 0.6) is 0 Å². The van der Waals surface area contributed by atoms with Gasteiger partial charge in [-0.05, 0) is 34.0 Å². The van der Waals surface area contributed by atoms with Crippen LogP contribution in [0.4, 0.5) is 5.95 Å². The van der Waals surface area contributed by atoms with Gasteiger partial charge in [-0.2, -0.15) is 0 Å². The van der Waals surface area contributed by atoms with Crippen LogP contribution < -0.4 is 4.90 Å². The van der Waals surface area contributed by atoms with Crippen LogP contribution in [-0.4, -0.2) is 54.9 Å². The average Bonchev–Trinajstić information content (AvgIpc) is 2.34. The zero-order valence-electron chi connectivity index (χ0n) is 10.8. The third-order valence-corrected chi connectivity index (χ3v) is 2.49. The first-order valence-electron chi connectivity index (χ1n) is 5.84. The Labute approximate surface area is 102 Å². The van der Waals surface area contributed by atoms with E-state index in [4.69, 9.17) is 0 Å². The lowest BCUT2D eigenvalue weighted by molar-refractivity contribution is 0.112. The van der Waals surface area contributed by atoms with Gasteiger partial charge in [0.1, 0.15) is 0 Å². The lowest BCUT2D eigenvalue weighted by atomic mass is 10.3. The molecule has 94 valence electrons. The molecule has 17 heavy (non-hydrogen) atoms. The molecular weight excluding hydrogens is 216 g/mol. The van der Waals surface area contributed by atoms with Gasteiger partial charge in [0, 0.05) is 25.5 Å². The largest absolute Gasteiger partial charge is 0.341 e. The number of aldehydes is 1. The summed E-state index contributed by atoms with van der Waals surface area (Å²) in [5, 5.41) is 0. The predicted octanol–water partition coefficient (Wildman–Crippen LogP) is 1.07. The minimum absolute atomic E-state index is 0.512. The van der Waals surface area contributed by atoms with Gasteiger partial charge in [0.25, 0.3) is 0 Å². The van der Waals surface area contributed by atoms with Crippen molar-refractivity contribution in [3.05, 3.63) is 18.0 Å². The van der Waals surface area contributed by atoms with Gasteiger partial charge in [0.15, 0.2) is 6.29 Å². The maximum Gasteiger partial charge on any atom is 0.225 e. The lowest BCUT2D eigenvalue weighted by Crippen LogP contribution is -2.28. The van der Waals surface area contributed by atoms with Crippen molar-refractivity contribution in [2.24, 2.45) is 0 Å². The molecule has 0 bridgehead atoms. The van der Waals surface area contributed by atoms with Crippen molar-refractivity contribution in [3.8, 4) is 0 Å². The highest BCUT2D eigenvalue weighted by molar-refractivity contribution is 5.73. The summed E-state index contributed by atoms with van der Waals surface area (Å²) in [4.78, 5) is 23.1. The molecule has 1 aromatic heterocycles. The summed E-state index contributed by atoms with van der Waals surface area (Å²) in [5.41, 5.74) is 0.512. The van der Waals surface area contributed by atoms with Crippen molar-refractivity contribution in [1.82, 2.24) is 14.9 Å². The van der Waals surface area contributed by atoms with E-state index in [0.717, 1.165) is 32.3 Å². The van der Waals surface area contributed by atoms with E-state index >= 15 is 0 Å². The van der Waals surface area contributed by atoms with Crippen molar-refractivity contribution in [2.75, 3.05) is 38.6 Å². The van der Waals surface area contributed by atoms with Crippen LogP contribution in [0, 0.1) is 0 Å². The fourth-order valence-electron chi connectivity index (χ4n) is 1.53. The van der Waals surface area contributed by atoms with Gasteiger partial charge >= 0.3 is 0 Å². The second-order valence-electron chi connectivity index (χ2n) is 4.17. The number of anilines is 1. The number of rotatable bonds is 7. The third kappa shape index (κ3) is 4.48. The molecule has 0 atom stereocenters. The van der Waals surface area contributed by atoms with Gasteiger partial charge in [-0.25, -0.2) is 9.97 Å². The first-order valence-corrected chi connectivity index (χ1v) is 5.84. The van der Waals surface area contributed by atoms with Gasteiger partial charge in [-0.1, -0.05) is 0 Å². The number of nitrogens with zero attached hydrogens (tertiary/aromatic N) is 4. The van der Waals surface area contributed by atoms with Crippen LogP contribution in [0.2, 0.25) is 0 Å². The Hall–Kier alpha value is -1.49. The maximum absolute atomic E-state index is 10.5. The Balaban J connectivity index is 2.56. The Bertz CT molecular complexity index is 337. The second kappa shape index (κ2) is 6.96. The summed E-state index contributed by atoms with van der Waals surface area (Å²) in [6.45, 7) is 4.92. The molecule has 1 aromatic rings. The molecule has 0 radical (unpaired) electrons. The quantitative estimate of drug-likeness (QED) is 0.663. The predicted molar refractivity (Wildman–Crippen MR) is 68.5 cm³/mol. The number of carbonyl (C=O) groups excluding carboxylic acids is 1. The Morgan fingerprint density at radius 3 is 2.35 bits per heavy atom. The molecule has 0 amide bonds. The molecule has 0 spiro atoms. The van der Waals surface area contributed by atoms with Gasteiger partial charge in [0.2, 0.25) is 5.95 Å². The number of hydrogen-bond acceptors (Lipinski definition) is 5. The van der Waals surface area contributed by atoms with Crippen molar-refractivity contribution in [1.29, 1.82) is 0 Å².